The van der Waals surface area contributed by atoms with Gasteiger partial charge in [0.25, 0.3) is 0 Å². The molecule has 0 spiro atoms. The van der Waals surface area contributed by atoms with Crippen LogP contribution in [-0.2, 0) is 0 Å². The number of methoxy groups -OCH3 is 1. The molecule has 0 saturated heterocycles. The molecule has 0 bridgehead atoms. The Kier molecular flexibility index (Phi) is 2.91. The van der Waals surface area contributed by atoms with E-state index >= 15 is 0 Å². The van der Waals surface area contributed by atoms with Crippen molar-refractivity contribution in [1.82, 2.24) is 4.98 Å². The van der Waals surface area contributed by atoms with Crippen LogP contribution in [0.3, 0.4) is 0 Å². The molecule has 1 aliphatic carbocycles. The minimum atomic E-state index is -0.144. The number of carbonyl (C=O) groups is 2. The minimum Gasteiger partial charge on any atom is -0.497 e. The summed E-state index contributed by atoms with van der Waals surface area (Å²) in [5.74, 6) is 0.491. The van der Waals surface area contributed by atoms with E-state index in [1.807, 2.05) is 24.3 Å². The number of hydrogen-bond acceptors (Lipinski definition) is 3. The van der Waals surface area contributed by atoms with Gasteiger partial charge in [0, 0.05) is 16.8 Å². The lowest BCUT2D eigenvalue weighted by molar-refractivity contribution is 0.0977. The monoisotopic (exact) mass is 303 g/mol. The number of nitrogens with one attached hydrogen (secondary N) is 1. The third-order valence-electron chi connectivity index (χ3n) is 4.11. The van der Waals surface area contributed by atoms with Crippen molar-refractivity contribution in [2.24, 2.45) is 0 Å². The van der Waals surface area contributed by atoms with Gasteiger partial charge in [0.1, 0.15) is 5.75 Å². The van der Waals surface area contributed by atoms with Crippen LogP contribution in [0.1, 0.15) is 32.0 Å². The highest BCUT2D eigenvalue weighted by molar-refractivity contribution is 6.28. The highest BCUT2D eigenvalue weighted by Gasteiger charge is 2.31. The van der Waals surface area contributed by atoms with E-state index in [4.69, 9.17) is 4.74 Å². The lowest BCUT2D eigenvalue weighted by Gasteiger charge is -2.13. The van der Waals surface area contributed by atoms with E-state index in [9.17, 15) is 9.59 Å². The zero-order chi connectivity index (χ0) is 16.0. The van der Waals surface area contributed by atoms with Crippen LogP contribution in [0, 0.1) is 0 Å². The highest BCUT2D eigenvalue weighted by atomic mass is 16.5. The lowest BCUT2D eigenvalue weighted by atomic mass is 9.88. The molecular formula is C19H13NO3. The maximum atomic E-state index is 12.6. The van der Waals surface area contributed by atoms with Gasteiger partial charge in [-0.2, -0.15) is 0 Å². The van der Waals surface area contributed by atoms with Crippen LogP contribution >= 0.6 is 0 Å². The fraction of sp³-hybridized carbons (Fsp3) is 0.0526. The number of fused-ring (bicyclic) bond motifs is 2. The van der Waals surface area contributed by atoms with Crippen LogP contribution < -0.4 is 4.74 Å². The van der Waals surface area contributed by atoms with Gasteiger partial charge in [-0.15, -0.1) is 0 Å². The van der Waals surface area contributed by atoms with E-state index in [1.165, 1.54) is 0 Å². The molecule has 4 rings (SSSR count). The van der Waals surface area contributed by atoms with Crippen LogP contribution in [0.4, 0.5) is 0 Å². The Morgan fingerprint density at radius 3 is 2.13 bits per heavy atom. The minimum absolute atomic E-state index is 0.119. The second kappa shape index (κ2) is 4.95. The van der Waals surface area contributed by atoms with Gasteiger partial charge in [-0.1, -0.05) is 24.3 Å². The van der Waals surface area contributed by atoms with Crippen molar-refractivity contribution in [2.45, 2.75) is 0 Å². The molecule has 112 valence electrons. The molecule has 0 fully saturated rings. The van der Waals surface area contributed by atoms with Crippen LogP contribution in [0.25, 0.3) is 11.3 Å². The second-order valence-corrected chi connectivity index (χ2v) is 5.40. The van der Waals surface area contributed by atoms with Gasteiger partial charge in [-0.25, -0.2) is 0 Å². The summed E-state index contributed by atoms with van der Waals surface area (Å²) >= 11 is 0. The number of aromatic nitrogens is 1. The number of ketones is 2. The first kappa shape index (κ1) is 13.5. The van der Waals surface area contributed by atoms with Gasteiger partial charge in [-0.3, -0.25) is 9.59 Å². The first-order chi connectivity index (χ1) is 11.2. The fourth-order valence-corrected chi connectivity index (χ4v) is 2.90. The van der Waals surface area contributed by atoms with Gasteiger partial charge < -0.3 is 9.72 Å². The molecule has 0 saturated carbocycles. The summed E-state index contributed by atoms with van der Waals surface area (Å²) in [4.78, 5) is 28.3. The normalized spacial score (nSPS) is 12.7. The smallest absolute Gasteiger partial charge is 0.210 e. The number of H-pyrrole nitrogens is 1. The van der Waals surface area contributed by atoms with E-state index < -0.39 is 0 Å². The third kappa shape index (κ3) is 1.99. The Labute approximate surface area is 132 Å². The Balaban J connectivity index is 1.83. The summed E-state index contributed by atoms with van der Waals surface area (Å²) in [5, 5.41) is 0. The zero-order valence-corrected chi connectivity index (χ0v) is 12.4. The molecule has 1 N–H and O–H groups in total. The number of rotatable bonds is 2. The average molecular weight is 303 g/mol. The Bertz CT molecular complexity index is 883. The topological polar surface area (TPSA) is 59.2 Å². The number of benzene rings is 2. The van der Waals surface area contributed by atoms with Gasteiger partial charge in [0.15, 0.2) is 5.78 Å². The summed E-state index contributed by atoms with van der Waals surface area (Å²) in [6.07, 6.45) is 0. The standard InChI is InChI=1S/C19H13NO3/c1-23-12-8-6-11(7-9-12)16-10-15-17(20-16)19(22)14-5-3-2-4-13(14)18(15)21/h2-10,20H,1H3. The molecule has 2 aromatic carbocycles. The van der Waals surface area contributed by atoms with Crippen LogP contribution in [0.2, 0.25) is 0 Å². The molecule has 0 amide bonds. The first-order valence-corrected chi connectivity index (χ1v) is 7.25. The van der Waals surface area contributed by atoms with E-state index in [2.05, 4.69) is 4.98 Å². The van der Waals surface area contributed by atoms with Crippen molar-refractivity contribution >= 4 is 11.6 Å². The van der Waals surface area contributed by atoms with E-state index in [1.54, 1.807) is 37.4 Å². The first-order valence-electron chi connectivity index (χ1n) is 7.25. The van der Waals surface area contributed by atoms with Crippen molar-refractivity contribution in [3.8, 4) is 17.0 Å². The molecule has 0 unspecified atom stereocenters. The average Bonchev–Trinajstić information content (AvgIpc) is 3.05. The van der Waals surface area contributed by atoms with Gasteiger partial charge in [0.05, 0.1) is 18.4 Å². The van der Waals surface area contributed by atoms with Crippen molar-refractivity contribution in [3.05, 3.63) is 77.0 Å². The molecule has 0 atom stereocenters. The molecule has 3 aromatic rings. The lowest BCUT2D eigenvalue weighted by Crippen LogP contribution is -2.19. The van der Waals surface area contributed by atoms with Crippen molar-refractivity contribution in [2.75, 3.05) is 7.11 Å². The molecule has 0 aliphatic heterocycles. The largest absolute Gasteiger partial charge is 0.497 e. The van der Waals surface area contributed by atoms with Gasteiger partial charge in [0.2, 0.25) is 5.78 Å². The number of ether oxygens (including phenoxy) is 1. The molecule has 1 aliphatic rings. The summed E-state index contributed by atoms with van der Waals surface area (Å²) in [6, 6.07) is 16.1. The predicted molar refractivity (Wildman–Crippen MR) is 86.1 cm³/mol. The van der Waals surface area contributed by atoms with Gasteiger partial charge >= 0.3 is 0 Å². The molecule has 1 aromatic heterocycles. The van der Waals surface area contributed by atoms with Crippen molar-refractivity contribution in [1.29, 1.82) is 0 Å². The number of aromatic amines is 1. The summed E-state index contributed by atoms with van der Waals surface area (Å²) in [6.45, 7) is 0. The second-order valence-electron chi connectivity index (χ2n) is 5.40. The summed E-state index contributed by atoms with van der Waals surface area (Å²) in [5.41, 5.74) is 3.34. The Morgan fingerprint density at radius 2 is 1.48 bits per heavy atom. The van der Waals surface area contributed by atoms with Crippen molar-refractivity contribution in [3.63, 3.8) is 0 Å². The highest BCUT2D eigenvalue weighted by Crippen LogP contribution is 2.31. The fourth-order valence-electron chi connectivity index (χ4n) is 2.90. The number of hydrogen-bond donors (Lipinski definition) is 1. The van der Waals surface area contributed by atoms with Crippen LogP contribution in [0.5, 0.6) is 5.75 Å². The Hall–Kier alpha value is -3.14. The zero-order valence-electron chi connectivity index (χ0n) is 12.4. The van der Waals surface area contributed by atoms with Crippen LogP contribution in [0.15, 0.2) is 54.6 Å². The molecule has 23 heavy (non-hydrogen) atoms. The quantitative estimate of drug-likeness (QED) is 0.617. The molecule has 0 radical (unpaired) electrons. The third-order valence-corrected chi connectivity index (χ3v) is 4.11. The predicted octanol–water partition coefficient (Wildman–Crippen LogP) is 3.47. The molecular weight excluding hydrogens is 290 g/mol. The number of carbonyl (C=O) groups excluding carboxylic acids is 2. The Morgan fingerprint density at radius 1 is 0.826 bits per heavy atom. The molecule has 4 heteroatoms. The van der Waals surface area contributed by atoms with E-state index in [0.717, 1.165) is 17.0 Å². The van der Waals surface area contributed by atoms with Gasteiger partial charge in [-0.05, 0) is 35.9 Å². The van der Waals surface area contributed by atoms with E-state index in [0.29, 0.717) is 22.4 Å². The van der Waals surface area contributed by atoms with E-state index in [-0.39, 0.29) is 11.6 Å². The van der Waals surface area contributed by atoms with Crippen LogP contribution in [-0.4, -0.2) is 23.7 Å². The maximum Gasteiger partial charge on any atom is 0.210 e. The summed E-state index contributed by atoms with van der Waals surface area (Å²) in [7, 11) is 1.61. The SMILES string of the molecule is COc1ccc(-c2cc3c([nH]2)C(=O)c2ccccc2C3=O)cc1. The maximum absolute atomic E-state index is 12.6. The summed E-state index contributed by atoms with van der Waals surface area (Å²) < 4.78 is 5.14. The molecule has 1 heterocycles. The van der Waals surface area contributed by atoms with Crippen molar-refractivity contribution < 1.29 is 14.3 Å². The molecule has 4 nitrogen and oxygen atoms in total.